The molecule has 0 spiro atoms. The van der Waals surface area contributed by atoms with Crippen molar-refractivity contribution >= 4 is 5.91 Å². The lowest BCUT2D eigenvalue weighted by atomic mass is 10.1. The Morgan fingerprint density at radius 2 is 2.26 bits per heavy atom. The van der Waals surface area contributed by atoms with Crippen molar-refractivity contribution in [1.29, 1.82) is 0 Å². The number of hydrogen-bond donors (Lipinski definition) is 2. The highest BCUT2D eigenvalue weighted by Crippen LogP contribution is 2.31. The number of benzene rings is 1. The average molecular weight is 263 g/mol. The Kier molecular flexibility index (Phi) is 4.56. The maximum absolute atomic E-state index is 11.9. The molecule has 104 valence electrons. The Morgan fingerprint density at radius 1 is 1.53 bits per heavy atom. The second-order valence-corrected chi connectivity index (χ2v) is 5.10. The van der Waals surface area contributed by atoms with Crippen molar-refractivity contribution in [3.8, 4) is 0 Å². The standard InChI is InChI=1S/C15H21NO3/c1-10(19-2)7-8-14(18)16-15-12-6-4-3-5-11(12)9-13(15)17/h3-6,10,13,15,17H,7-9H2,1-2H3,(H,16,18). The fraction of sp³-hybridized carbons (Fsp3) is 0.533. The van der Waals surface area contributed by atoms with Gasteiger partial charge in [-0.2, -0.15) is 0 Å². The van der Waals surface area contributed by atoms with Crippen LogP contribution in [0.25, 0.3) is 0 Å². The van der Waals surface area contributed by atoms with Crippen LogP contribution in [0.1, 0.15) is 36.9 Å². The van der Waals surface area contributed by atoms with Gasteiger partial charge in [-0.15, -0.1) is 0 Å². The van der Waals surface area contributed by atoms with Crippen molar-refractivity contribution < 1.29 is 14.6 Å². The number of aliphatic hydroxyl groups excluding tert-OH is 1. The zero-order valence-electron chi connectivity index (χ0n) is 11.4. The van der Waals surface area contributed by atoms with E-state index in [1.807, 2.05) is 31.2 Å². The summed E-state index contributed by atoms with van der Waals surface area (Å²) in [5.74, 6) is -0.0374. The highest BCUT2D eigenvalue weighted by molar-refractivity contribution is 5.76. The van der Waals surface area contributed by atoms with Crippen molar-refractivity contribution in [3.63, 3.8) is 0 Å². The lowest BCUT2D eigenvalue weighted by molar-refractivity contribution is -0.123. The number of methoxy groups -OCH3 is 1. The maximum Gasteiger partial charge on any atom is 0.220 e. The van der Waals surface area contributed by atoms with Crippen LogP contribution in [0.15, 0.2) is 24.3 Å². The normalized spacial score (nSPS) is 22.9. The first-order valence-electron chi connectivity index (χ1n) is 6.70. The number of ether oxygens (including phenoxy) is 1. The van der Waals surface area contributed by atoms with E-state index in [4.69, 9.17) is 4.74 Å². The maximum atomic E-state index is 11.9. The Labute approximate surface area is 113 Å². The van der Waals surface area contributed by atoms with Gasteiger partial charge in [-0.1, -0.05) is 24.3 Å². The van der Waals surface area contributed by atoms with Crippen molar-refractivity contribution in [1.82, 2.24) is 5.32 Å². The molecular formula is C15H21NO3. The van der Waals surface area contributed by atoms with E-state index < -0.39 is 6.10 Å². The Bertz CT molecular complexity index is 447. The van der Waals surface area contributed by atoms with E-state index in [1.54, 1.807) is 7.11 Å². The molecule has 0 radical (unpaired) electrons. The van der Waals surface area contributed by atoms with Gasteiger partial charge in [0.2, 0.25) is 5.91 Å². The lowest BCUT2D eigenvalue weighted by Gasteiger charge is -2.18. The number of carbonyl (C=O) groups excluding carboxylic acids is 1. The molecule has 0 saturated carbocycles. The van der Waals surface area contributed by atoms with E-state index in [9.17, 15) is 9.90 Å². The van der Waals surface area contributed by atoms with Crippen LogP contribution in [0.4, 0.5) is 0 Å². The molecule has 2 rings (SSSR count). The number of fused-ring (bicyclic) bond motifs is 1. The van der Waals surface area contributed by atoms with E-state index in [1.165, 1.54) is 0 Å². The summed E-state index contributed by atoms with van der Waals surface area (Å²) in [5, 5.41) is 13.0. The second-order valence-electron chi connectivity index (χ2n) is 5.10. The zero-order chi connectivity index (χ0) is 13.8. The first-order chi connectivity index (χ1) is 9.11. The molecule has 4 heteroatoms. The summed E-state index contributed by atoms with van der Waals surface area (Å²) in [7, 11) is 1.64. The van der Waals surface area contributed by atoms with Crippen LogP contribution in [-0.4, -0.2) is 30.3 Å². The summed E-state index contributed by atoms with van der Waals surface area (Å²) < 4.78 is 5.12. The largest absolute Gasteiger partial charge is 0.390 e. The average Bonchev–Trinajstić information content (AvgIpc) is 2.72. The monoisotopic (exact) mass is 263 g/mol. The van der Waals surface area contributed by atoms with E-state index in [0.29, 0.717) is 19.3 Å². The van der Waals surface area contributed by atoms with Crippen LogP contribution < -0.4 is 5.32 Å². The van der Waals surface area contributed by atoms with Gasteiger partial charge in [0.25, 0.3) is 0 Å². The molecule has 19 heavy (non-hydrogen) atoms. The van der Waals surface area contributed by atoms with Crippen molar-refractivity contribution in [2.45, 2.75) is 44.4 Å². The van der Waals surface area contributed by atoms with Gasteiger partial charge in [0.1, 0.15) is 0 Å². The molecule has 1 aliphatic carbocycles. The van der Waals surface area contributed by atoms with Gasteiger partial charge in [-0.05, 0) is 24.5 Å². The topological polar surface area (TPSA) is 58.6 Å². The molecule has 0 saturated heterocycles. The second kappa shape index (κ2) is 6.17. The third kappa shape index (κ3) is 3.33. The number of hydrogen-bond acceptors (Lipinski definition) is 3. The molecule has 0 fully saturated rings. The third-order valence-corrected chi connectivity index (χ3v) is 3.70. The van der Waals surface area contributed by atoms with Crippen LogP contribution in [0.2, 0.25) is 0 Å². The predicted octanol–water partition coefficient (Wildman–Crippen LogP) is 1.58. The summed E-state index contributed by atoms with van der Waals surface area (Å²) in [6, 6.07) is 7.58. The number of amides is 1. The molecule has 0 bridgehead atoms. The van der Waals surface area contributed by atoms with Gasteiger partial charge in [0, 0.05) is 20.0 Å². The van der Waals surface area contributed by atoms with Crippen molar-refractivity contribution in [2.75, 3.05) is 7.11 Å². The molecular weight excluding hydrogens is 242 g/mol. The van der Waals surface area contributed by atoms with E-state index in [2.05, 4.69) is 5.32 Å². The Morgan fingerprint density at radius 3 is 3.00 bits per heavy atom. The summed E-state index contributed by atoms with van der Waals surface area (Å²) in [5.41, 5.74) is 2.15. The van der Waals surface area contributed by atoms with Gasteiger partial charge in [-0.3, -0.25) is 4.79 Å². The van der Waals surface area contributed by atoms with E-state index in [-0.39, 0.29) is 18.1 Å². The van der Waals surface area contributed by atoms with Gasteiger partial charge in [-0.25, -0.2) is 0 Å². The first kappa shape index (κ1) is 14.0. The zero-order valence-corrected chi connectivity index (χ0v) is 11.4. The number of rotatable bonds is 5. The molecule has 2 N–H and O–H groups in total. The van der Waals surface area contributed by atoms with Crippen LogP contribution >= 0.6 is 0 Å². The highest BCUT2D eigenvalue weighted by Gasteiger charge is 2.31. The van der Waals surface area contributed by atoms with Crippen molar-refractivity contribution in [3.05, 3.63) is 35.4 Å². The summed E-state index contributed by atoms with van der Waals surface area (Å²) in [6.45, 7) is 1.94. The van der Waals surface area contributed by atoms with E-state index >= 15 is 0 Å². The molecule has 3 unspecified atom stereocenters. The van der Waals surface area contributed by atoms with Gasteiger partial charge >= 0.3 is 0 Å². The molecule has 0 heterocycles. The summed E-state index contributed by atoms with van der Waals surface area (Å²) in [4.78, 5) is 11.9. The minimum atomic E-state index is -0.527. The van der Waals surface area contributed by atoms with Gasteiger partial charge < -0.3 is 15.2 Å². The minimum Gasteiger partial charge on any atom is -0.390 e. The van der Waals surface area contributed by atoms with Crippen LogP contribution in [0.5, 0.6) is 0 Å². The summed E-state index contributed by atoms with van der Waals surface area (Å²) >= 11 is 0. The summed E-state index contributed by atoms with van der Waals surface area (Å²) in [6.07, 6.45) is 1.26. The quantitative estimate of drug-likeness (QED) is 0.848. The third-order valence-electron chi connectivity index (χ3n) is 3.70. The smallest absolute Gasteiger partial charge is 0.220 e. The highest BCUT2D eigenvalue weighted by atomic mass is 16.5. The molecule has 3 atom stereocenters. The van der Waals surface area contributed by atoms with E-state index in [0.717, 1.165) is 11.1 Å². The van der Waals surface area contributed by atoms with Crippen molar-refractivity contribution in [2.24, 2.45) is 0 Å². The molecule has 0 aromatic heterocycles. The Hall–Kier alpha value is -1.39. The molecule has 1 aliphatic rings. The molecule has 4 nitrogen and oxygen atoms in total. The fourth-order valence-electron chi connectivity index (χ4n) is 2.45. The molecule has 1 aromatic carbocycles. The van der Waals surface area contributed by atoms with Crippen LogP contribution in [0.3, 0.4) is 0 Å². The number of nitrogens with one attached hydrogen (secondary N) is 1. The van der Waals surface area contributed by atoms with Crippen LogP contribution in [-0.2, 0) is 16.0 Å². The van der Waals surface area contributed by atoms with Gasteiger partial charge in [0.15, 0.2) is 0 Å². The molecule has 1 amide bonds. The SMILES string of the molecule is COC(C)CCC(=O)NC1c2ccccc2CC1O. The first-order valence-corrected chi connectivity index (χ1v) is 6.70. The predicted molar refractivity (Wildman–Crippen MR) is 72.7 cm³/mol. The minimum absolute atomic E-state index is 0.0374. The lowest BCUT2D eigenvalue weighted by Crippen LogP contribution is -2.34. The molecule has 0 aliphatic heterocycles. The van der Waals surface area contributed by atoms with Gasteiger partial charge in [0.05, 0.1) is 18.2 Å². The molecule has 1 aromatic rings. The number of aliphatic hydroxyl groups is 1. The fourth-order valence-corrected chi connectivity index (χ4v) is 2.45. The number of carbonyl (C=O) groups is 1. The Balaban J connectivity index is 1.94. The van der Waals surface area contributed by atoms with Crippen LogP contribution in [0, 0.1) is 0 Å².